The number of thiophene rings is 1. The Balaban J connectivity index is 1.95. The van der Waals surface area contributed by atoms with Crippen molar-refractivity contribution in [1.82, 2.24) is 4.98 Å². The average molecular weight is 333 g/mol. The Morgan fingerprint density at radius 1 is 1.23 bits per heavy atom. The van der Waals surface area contributed by atoms with Crippen molar-refractivity contribution in [3.05, 3.63) is 46.0 Å². The van der Waals surface area contributed by atoms with Gasteiger partial charge in [0.1, 0.15) is 5.52 Å². The van der Waals surface area contributed by atoms with Crippen molar-refractivity contribution in [3.8, 4) is 0 Å². The van der Waals surface area contributed by atoms with Crippen molar-refractivity contribution < 1.29 is 12.8 Å². The Hall–Kier alpha value is -1.92. The van der Waals surface area contributed by atoms with Crippen LogP contribution in [-0.4, -0.2) is 19.2 Å². The molecule has 0 bridgehead atoms. The zero-order valence-corrected chi connectivity index (χ0v) is 13.9. The molecule has 0 N–H and O–H groups in total. The molecule has 114 valence electrons. The molecule has 0 saturated heterocycles. The van der Waals surface area contributed by atoms with E-state index in [2.05, 4.69) is 18.0 Å². The molecule has 6 heteroatoms. The van der Waals surface area contributed by atoms with Crippen LogP contribution in [0.2, 0.25) is 0 Å². The summed E-state index contributed by atoms with van der Waals surface area (Å²) in [4.78, 5) is 6.97. The molecule has 0 radical (unpaired) electrons. The molecule has 1 aromatic carbocycles. The molecule has 0 aliphatic heterocycles. The van der Waals surface area contributed by atoms with Gasteiger partial charge in [0, 0.05) is 15.8 Å². The summed E-state index contributed by atoms with van der Waals surface area (Å²) in [5.74, 6) is 0.535. The van der Waals surface area contributed by atoms with E-state index >= 15 is 0 Å². The Morgan fingerprint density at radius 2 is 2.05 bits per heavy atom. The largest absolute Gasteiger partial charge is 0.437 e. The highest BCUT2D eigenvalue weighted by molar-refractivity contribution is 7.91. The fraction of sp³-hybridized carbons (Fsp3) is 0.188. The third-order valence-corrected chi connectivity index (χ3v) is 5.96. The predicted octanol–water partition coefficient (Wildman–Crippen LogP) is 4.16. The van der Waals surface area contributed by atoms with Crippen molar-refractivity contribution in [2.24, 2.45) is 0 Å². The first kappa shape index (κ1) is 15.0. The lowest BCUT2D eigenvalue weighted by Crippen LogP contribution is -2.03. The molecular formula is C16H15NO3S2. The van der Waals surface area contributed by atoms with Crippen LogP contribution in [0.25, 0.3) is 23.3 Å². The minimum atomic E-state index is -3.23. The number of fused-ring (bicyclic) bond motifs is 1. The molecule has 0 amide bonds. The summed E-state index contributed by atoms with van der Waals surface area (Å²) in [7, 11) is -3.23. The van der Waals surface area contributed by atoms with Crippen LogP contribution >= 0.6 is 11.3 Å². The van der Waals surface area contributed by atoms with E-state index < -0.39 is 9.84 Å². The van der Waals surface area contributed by atoms with Gasteiger partial charge in [-0.15, -0.1) is 11.3 Å². The van der Waals surface area contributed by atoms with Crippen molar-refractivity contribution in [1.29, 1.82) is 0 Å². The minimum absolute atomic E-state index is 0.0703. The van der Waals surface area contributed by atoms with Gasteiger partial charge in [-0.05, 0) is 43.3 Å². The molecule has 3 aromatic rings. The molecule has 0 unspecified atom stereocenters. The monoisotopic (exact) mass is 333 g/mol. The van der Waals surface area contributed by atoms with Crippen LogP contribution in [0, 0.1) is 6.92 Å². The summed E-state index contributed by atoms with van der Waals surface area (Å²) in [6, 6.07) is 8.85. The van der Waals surface area contributed by atoms with Gasteiger partial charge in [0.25, 0.3) is 0 Å². The fourth-order valence-electron chi connectivity index (χ4n) is 2.05. The minimum Gasteiger partial charge on any atom is -0.437 e. The third kappa shape index (κ3) is 2.98. The van der Waals surface area contributed by atoms with Crippen LogP contribution in [0.3, 0.4) is 0 Å². The van der Waals surface area contributed by atoms with Crippen LogP contribution in [0.5, 0.6) is 0 Å². The van der Waals surface area contributed by atoms with Crippen molar-refractivity contribution in [2.75, 3.05) is 5.75 Å². The smallest absolute Gasteiger partial charge is 0.220 e. The lowest BCUT2D eigenvalue weighted by molar-refractivity contribution is 0.589. The normalized spacial score (nSPS) is 12.5. The van der Waals surface area contributed by atoms with Crippen LogP contribution in [-0.2, 0) is 9.84 Å². The number of nitrogens with zero attached hydrogens (tertiary/aromatic N) is 1. The number of aromatic nitrogens is 1. The summed E-state index contributed by atoms with van der Waals surface area (Å²) in [5, 5.41) is 0. The molecule has 4 nitrogen and oxygen atoms in total. The lowest BCUT2D eigenvalue weighted by Gasteiger charge is -1.99. The predicted molar refractivity (Wildman–Crippen MR) is 89.7 cm³/mol. The van der Waals surface area contributed by atoms with E-state index in [1.807, 2.05) is 12.1 Å². The van der Waals surface area contributed by atoms with E-state index in [1.165, 1.54) is 4.88 Å². The maximum Gasteiger partial charge on any atom is 0.220 e. The highest BCUT2D eigenvalue weighted by Crippen LogP contribution is 2.23. The molecule has 0 saturated carbocycles. The van der Waals surface area contributed by atoms with Crippen molar-refractivity contribution in [3.63, 3.8) is 0 Å². The molecular weight excluding hydrogens is 318 g/mol. The number of oxazole rings is 1. The van der Waals surface area contributed by atoms with Gasteiger partial charge < -0.3 is 4.42 Å². The molecule has 22 heavy (non-hydrogen) atoms. The number of rotatable bonds is 4. The second-order valence-corrected chi connectivity index (χ2v) is 8.46. The first-order valence-corrected chi connectivity index (χ1v) is 9.33. The van der Waals surface area contributed by atoms with Crippen LogP contribution in [0.4, 0.5) is 0 Å². The van der Waals surface area contributed by atoms with Crippen LogP contribution < -0.4 is 0 Å². The van der Waals surface area contributed by atoms with Gasteiger partial charge in [0.05, 0.1) is 10.6 Å². The zero-order chi connectivity index (χ0) is 15.7. The van der Waals surface area contributed by atoms with Gasteiger partial charge in [-0.1, -0.05) is 6.92 Å². The first-order chi connectivity index (χ1) is 10.5. The standard InChI is InChI=1S/C16H15NO3S2/c1-3-22(18,19)13-7-8-15-14(10-13)17-16(20-15)9-6-12-5-4-11(2)21-12/h4-10H,3H2,1-2H3/b9-6+. The molecule has 2 aromatic heterocycles. The van der Waals surface area contributed by atoms with E-state index in [9.17, 15) is 8.42 Å². The molecule has 0 spiro atoms. The average Bonchev–Trinajstić information content (AvgIpc) is 3.09. The molecule has 3 rings (SSSR count). The maximum atomic E-state index is 11.9. The molecule has 0 fully saturated rings. The van der Waals surface area contributed by atoms with E-state index in [1.54, 1.807) is 42.5 Å². The second-order valence-electron chi connectivity index (χ2n) is 4.87. The first-order valence-electron chi connectivity index (χ1n) is 6.86. The van der Waals surface area contributed by atoms with E-state index in [0.29, 0.717) is 17.0 Å². The van der Waals surface area contributed by atoms with E-state index in [-0.39, 0.29) is 10.6 Å². The summed E-state index contributed by atoms with van der Waals surface area (Å²) < 4.78 is 29.4. The van der Waals surface area contributed by atoms with Crippen molar-refractivity contribution in [2.45, 2.75) is 18.7 Å². The Bertz CT molecular complexity index is 949. The van der Waals surface area contributed by atoms with Gasteiger partial charge in [0.15, 0.2) is 15.4 Å². The molecule has 0 atom stereocenters. The lowest BCUT2D eigenvalue weighted by atomic mass is 10.3. The fourth-order valence-corrected chi connectivity index (χ4v) is 3.73. The van der Waals surface area contributed by atoms with Gasteiger partial charge in [-0.3, -0.25) is 0 Å². The van der Waals surface area contributed by atoms with Gasteiger partial charge in [-0.2, -0.15) is 0 Å². The molecule has 2 heterocycles. The van der Waals surface area contributed by atoms with E-state index in [0.717, 1.165) is 4.88 Å². The van der Waals surface area contributed by atoms with Gasteiger partial charge in [0.2, 0.25) is 5.89 Å². The summed E-state index contributed by atoms with van der Waals surface area (Å²) in [5.41, 5.74) is 1.13. The second kappa shape index (κ2) is 5.70. The third-order valence-electron chi connectivity index (χ3n) is 3.27. The van der Waals surface area contributed by atoms with Crippen LogP contribution in [0.1, 0.15) is 22.6 Å². The number of benzene rings is 1. The van der Waals surface area contributed by atoms with Gasteiger partial charge >= 0.3 is 0 Å². The number of sulfone groups is 1. The number of hydrogen-bond acceptors (Lipinski definition) is 5. The highest BCUT2D eigenvalue weighted by Gasteiger charge is 2.13. The number of hydrogen-bond donors (Lipinski definition) is 0. The highest BCUT2D eigenvalue weighted by atomic mass is 32.2. The van der Waals surface area contributed by atoms with Crippen LogP contribution in [0.15, 0.2) is 39.6 Å². The van der Waals surface area contributed by atoms with Gasteiger partial charge in [-0.25, -0.2) is 13.4 Å². The zero-order valence-electron chi connectivity index (χ0n) is 12.2. The summed E-state index contributed by atoms with van der Waals surface area (Å²) in [6.07, 6.45) is 3.73. The summed E-state index contributed by atoms with van der Waals surface area (Å²) in [6.45, 7) is 3.68. The summed E-state index contributed by atoms with van der Waals surface area (Å²) >= 11 is 1.69. The Kier molecular flexibility index (Phi) is 3.88. The Morgan fingerprint density at radius 3 is 2.73 bits per heavy atom. The Labute approximate surface area is 133 Å². The quantitative estimate of drug-likeness (QED) is 0.719. The maximum absolute atomic E-state index is 11.9. The topological polar surface area (TPSA) is 60.2 Å². The van der Waals surface area contributed by atoms with E-state index in [4.69, 9.17) is 4.42 Å². The SMILES string of the molecule is CCS(=O)(=O)c1ccc2oc(/C=C/c3ccc(C)s3)nc2c1. The van der Waals surface area contributed by atoms with Crippen molar-refractivity contribution >= 4 is 44.4 Å². The molecule has 0 aliphatic rings. The number of aryl methyl sites for hydroxylation is 1. The molecule has 0 aliphatic carbocycles.